The molecule has 0 fully saturated rings. The van der Waals surface area contributed by atoms with Crippen LogP contribution in [0.3, 0.4) is 0 Å². The van der Waals surface area contributed by atoms with Gasteiger partial charge in [0.2, 0.25) is 5.82 Å². The van der Waals surface area contributed by atoms with Gasteiger partial charge >= 0.3 is 6.18 Å². The van der Waals surface area contributed by atoms with Gasteiger partial charge < -0.3 is 0 Å². The summed E-state index contributed by atoms with van der Waals surface area (Å²) in [5.41, 5.74) is -0.666. The van der Waals surface area contributed by atoms with E-state index in [-0.39, 0.29) is 11.3 Å². The fourth-order valence-corrected chi connectivity index (χ4v) is 1.56. The Balaban J connectivity index is 2.59. The van der Waals surface area contributed by atoms with E-state index in [4.69, 9.17) is 11.6 Å². The summed E-state index contributed by atoms with van der Waals surface area (Å²) in [6, 6.07) is 3.39. The molecule has 0 amide bonds. The lowest BCUT2D eigenvalue weighted by Gasteiger charge is -2.08. The summed E-state index contributed by atoms with van der Waals surface area (Å²) in [7, 11) is 0. The summed E-state index contributed by atoms with van der Waals surface area (Å²) in [4.78, 5) is 6.19. The number of rotatable bonds is 1. The lowest BCUT2D eigenvalue weighted by Crippen LogP contribution is -2.11. The van der Waals surface area contributed by atoms with Crippen molar-refractivity contribution in [1.82, 2.24) is 9.97 Å². The van der Waals surface area contributed by atoms with E-state index in [0.717, 1.165) is 18.2 Å². The molecule has 0 spiro atoms. The SMILES string of the molecule is Fc1ccc(-c2cc(Cl)nc(C(F)(F)F)n2)c(F)c1. The minimum atomic E-state index is -4.81. The molecular weight excluding hydrogens is 291 g/mol. The lowest BCUT2D eigenvalue weighted by molar-refractivity contribution is -0.144. The van der Waals surface area contributed by atoms with Gasteiger partial charge in [0.1, 0.15) is 16.8 Å². The maximum Gasteiger partial charge on any atom is 0.451 e. The molecule has 2 nitrogen and oxygen atoms in total. The first kappa shape index (κ1) is 13.7. The van der Waals surface area contributed by atoms with E-state index < -0.39 is 28.8 Å². The highest BCUT2D eigenvalue weighted by molar-refractivity contribution is 6.29. The number of hydrogen-bond acceptors (Lipinski definition) is 2. The molecule has 2 rings (SSSR count). The van der Waals surface area contributed by atoms with Gasteiger partial charge in [0.25, 0.3) is 0 Å². The summed E-state index contributed by atoms with van der Waals surface area (Å²) in [6.45, 7) is 0. The Morgan fingerprint density at radius 1 is 1.00 bits per heavy atom. The molecule has 0 saturated heterocycles. The molecule has 1 aromatic carbocycles. The number of alkyl halides is 3. The molecule has 0 aliphatic carbocycles. The van der Waals surface area contributed by atoms with E-state index in [1.54, 1.807) is 0 Å². The van der Waals surface area contributed by atoms with E-state index in [9.17, 15) is 22.0 Å². The quantitative estimate of drug-likeness (QED) is 0.585. The monoisotopic (exact) mass is 294 g/mol. The average molecular weight is 295 g/mol. The van der Waals surface area contributed by atoms with Crippen LogP contribution in [0.2, 0.25) is 5.15 Å². The predicted octanol–water partition coefficient (Wildman–Crippen LogP) is 4.09. The maximum atomic E-state index is 13.5. The van der Waals surface area contributed by atoms with Crippen molar-refractivity contribution in [2.24, 2.45) is 0 Å². The van der Waals surface area contributed by atoms with Gasteiger partial charge in [0.15, 0.2) is 0 Å². The van der Waals surface area contributed by atoms with Crippen molar-refractivity contribution in [3.63, 3.8) is 0 Å². The first-order valence-corrected chi connectivity index (χ1v) is 5.22. The summed E-state index contributed by atoms with van der Waals surface area (Å²) in [6.07, 6.45) is -4.81. The Bertz CT molecular complexity index is 627. The second kappa shape index (κ2) is 4.73. The third-order valence-corrected chi connectivity index (χ3v) is 2.35. The molecule has 100 valence electrons. The normalized spacial score (nSPS) is 11.7. The van der Waals surface area contributed by atoms with Crippen molar-refractivity contribution in [2.45, 2.75) is 6.18 Å². The number of aromatic nitrogens is 2. The van der Waals surface area contributed by atoms with Gasteiger partial charge in [-0.25, -0.2) is 18.7 Å². The zero-order valence-electron chi connectivity index (χ0n) is 8.97. The van der Waals surface area contributed by atoms with Crippen LogP contribution in [-0.4, -0.2) is 9.97 Å². The molecule has 0 aliphatic heterocycles. The average Bonchev–Trinajstić information content (AvgIpc) is 2.26. The highest BCUT2D eigenvalue weighted by Crippen LogP contribution is 2.30. The third-order valence-electron chi connectivity index (χ3n) is 2.16. The Kier molecular flexibility index (Phi) is 3.40. The van der Waals surface area contributed by atoms with Gasteiger partial charge in [0.05, 0.1) is 5.69 Å². The number of nitrogens with zero attached hydrogens (tertiary/aromatic N) is 2. The Morgan fingerprint density at radius 3 is 2.26 bits per heavy atom. The van der Waals surface area contributed by atoms with Gasteiger partial charge in [-0.15, -0.1) is 0 Å². The van der Waals surface area contributed by atoms with Crippen LogP contribution in [0, 0.1) is 11.6 Å². The molecule has 0 aliphatic rings. The molecule has 2 aromatic rings. The van der Waals surface area contributed by atoms with Crippen LogP contribution < -0.4 is 0 Å². The first-order chi connectivity index (χ1) is 8.77. The zero-order chi connectivity index (χ0) is 14.2. The van der Waals surface area contributed by atoms with Crippen LogP contribution in [-0.2, 0) is 6.18 Å². The maximum absolute atomic E-state index is 13.5. The van der Waals surface area contributed by atoms with Crippen LogP contribution in [0.5, 0.6) is 0 Å². The third kappa shape index (κ3) is 2.98. The minimum absolute atomic E-state index is 0.295. The van der Waals surface area contributed by atoms with E-state index in [0.29, 0.717) is 6.07 Å². The summed E-state index contributed by atoms with van der Waals surface area (Å²) < 4.78 is 63.7. The minimum Gasteiger partial charge on any atom is -0.224 e. The highest BCUT2D eigenvalue weighted by Gasteiger charge is 2.35. The molecule has 1 heterocycles. The topological polar surface area (TPSA) is 25.8 Å². The Morgan fingerprint density at radius 2 is 1.68 bits per heavy atom. The smallest absolute Gasteiger partial charge is 0.224 e. The van der Waals surface area contributed by atoms with Crippen LogP contribution in [0.4, 0.5) is 22.0 Å². The summed E-state index contributed by atoms with van der Waals surface area (Å²) in [5.74, 6) is -3.38. The van der Waals surface area contributed by atoms with Crippen LogP contribution >= 0.6 is 11.6 Å². The molecule has 0 unspecified atom stereocenters. The van der Waals surface area contributed by atoms with Gasteiger partial charge in [-0.05, 0) is 12.1 Å². The summed E-state index contributed by atoms with van der Waals surface area (Å²) >= 11 is 5.44. The standard InChI is InChI=1S/C11H4ClF5N2/c12-9-4-8(18-10(19-9)11(15,16)17)6-2-1-5(13)3-7(6)14/h1-4H. The largest absolute Gasteiger partial charge is 0.451 e. The molecule has 0 radical (unpaired) electrons. The van der Waals surface area contributed by atoms with E-state index in [1.807, 2.05) is 0 Å². The van der Waals surface area contributed by atoms with E-state index in [1.165, 1.54) is 0 Å². The Labute approximate surface area is 108 Å². The lowest BCUT2D eigenvalue weighted by atomic mass is 10.1. The van der Waals surface area contributed by atoms with Gasteiger partial charge in [-0.3, -0.25) is 0 Å². The van der Waals surface area contributed by atoms with E-state index >= 15 is 0 Å². The molecule has 19 heavy (non-hydrogen) atoms. The van der Waals surface area contributed by atoms with Gasteiger partial charge in [-0.2, -0.15) is 13.2 Å². The van der Waals surface area contributed by atoms with Gasteiger partial charge in [-0.1, -0.05) is 11.6 Å². The fourth-order valence-electron chi connectivity index (χ4n) is 1.38. The molecule has 0 saturated carbocycles. The Hall–Kier alpha value is -1.76. The van der Waals surface area contributed by atoms with E-state index in [2.05, 4.69) is 9.97 Å². The zero-order valence-corrected chi connectivity index (χ0v) is 9.73. The molecular formula is C11H4ClF5N2. The van der Waals surface area contributed by atoms with Crippen molar-refractivity contribution in [3.05, 3.63) is 46.9 Å². The van der Waals surface area contributed by atoms with Crippen LogP contribution in [0.15, 0.2) is 24.3 Å². The summed E-state index contributed by atoms with van der Waals surface area (Å²) in [5, 5.41) is -0.485. The first-order valence-electron chi connectivity index (χ1n) is 4.84. The molecule has 8 heteroatoms. The second-order valence-electron chi connectivity index (χ2n) is 3.52. The van der Waals surface area contributed by atoms with Crippen molar-refractivity contribution in [1.29, 1.82) is 0 Å². The number of benzene rings is 1. The molecule has 0 N–H and O–H groups in total. The van der Waals surface area contributed by atoms with Crippen LogP contribution in [0.1, 0.15) is 5.82 Å². The van der Waals surface area contributed by atoms with Gasteiger partial charge in [0, 0.05) is 17.7 Å². The van der Waals surface area contributed by atoms with Crippen molar-refractivity contribution >= 4 is 11.6 Å². The fraction of sp³-hybridized carbons (Fsp3) is 0.0909. The highest BCUT2D eigenvalue weighted by atomic mass is 35.5. The molecule has 1 aromatic heterocycles. The van der Waals surface area contributed by atoms with Crippen LogP contribution in [0.25, 0.3) is 11.3 Å². The number of hydrogen-bond donors (Lipinski definition) is 0. The van der Waals surface area contributed by atoms with Crippen molar-refractivity contribution in [2.75, 3.05) is 0 Å². The predicted molar refractivity (Wildman–Crippen MR) is 57.4 cm³/mol. The van der Waals surface area contributed by atoms with Crippen molar-refractivity contribution in [3.8, 4) is 11.3 Å². The number of halogens is 6. The second-order valence-corrected chi connectivity index (χ2v) is 3.91. The molecule has 0 bridgehead atoms. The van der Waals surface area contributed by atoms with Crippen molar-refractivity contribution < 1.29 is 22.0 Å². The molecule has 0 atom stereocenters.